The van der Waals surface area contributed by atoms with Gasteiger partial charge in [-0.05, 0) is 77.0 Å². The summed E-state index contributed by atoms with van der Waals surface area (Å²) >= 11 is 0. The van der Waals surface area contributed by atoms with Crippen LogP contribution < -0.4 is 0 Å². The van der Waals surface area contributed by atoms with Crippen molar-refractivity contribution in [1.29, 1.82) is 0 Å². The number of aliphatic hydroxyl groups excluding tert-OH is 1. The van der Waals surface area contributed by atoms with E-state index in [1.165, 1.54) is 64.2 Å². The summed E-state index contributed by atoms with van der Waals surface area (Å²) < 4.78 is 11.1. The molecular weight excluding hydrogens is 520 g/mol. The summed E-state index contributed by atoms with van der Waals surface area (Å²) in [6, 6.07) is 0. The predicted octanol–water partition coefficient (Wildman–Crippen LogP) is 10.9. The van der Waals surface area contributed by atoms with Gasteiger partial charge in [0, 0.05) is 13.0 Å². The van der Waals surface area contributed by atoms with E-state index < -0.39 is 6.10 Å². The molecule has 0 aliphatic carbocycles. The van der Waals surface area contributed by atoms with Crippen molar-refractivity contribution in [2.24, 2.45) is 0 Å². The first kappa shape index (κ1) is 40.1. The maximum absolute atomic E-state index is 12.1. The third-order valence-electron chi connectivity index (χ3n) is 7.08. The number of hydrogen-bond donors (Lipinski definition) is 1. The first-order valence-corrected chi connectivity index (χ1v) is 17.4. The van der Waals surface area contributed by atoms with Crippen LogP contribution in [0.2, 0.25) is 0 Å². The minimum absolute atomic E-state index is 0.187. The van der Waals surface area contributed by atoms with Crippen molar-refractivity contribution in [3.8, 4) is 0 Å². The summed E-state index contributed by atoms with van der Waals surface area (Å²) in [4.78, 5) is 12.1. The second-order valence-corrected chi connectivity index (χ2v) is 11.2. The highest BCUT2D eigenvalue weighted by atomic mass is 16.6. The summed E-state index contributed by atoms with van der Waals surface area (Å²) in [6.07, 6.45) is 45.4. The minimum Gasteiger partial charge on any atom is -0.457 e. The first-order valence-electron chi connectivity index (χ1n) is 17.4. The van der Waals surface area contributed by atoms with Gasteiger partial charge in [-0.3, -0.25) is 4.79 Å². The molecule has 1 N–H and O–H groups in total. The molecule has 0 aromatic heterocycles. The lowest BCUT2D eigenvalue weighted by Gasteiger charge is -2.15. The smallest absolute Gasteiger partial charge is 0.306 e. The van der Waals surface area contributed by atoms with E-state index in [0.717, 1.165) is 64.2 Å². The first-order chi connectivity index (χ1) is 20.7. The number of unbranched alkanes of at least 4 members (excludes halogenated alkanes) is 13. The van der Waals surface area contributed by atoms with Crippen LogP contribution in [-0.4, -0.2) is 37.0 Å². The van der Waals surface area contributed by atoms with E-state index in [4.69, 9.17) is 9.47 Å². The summed E-state index contributed by atoms with van der Waals surface area (Å²) in [5.74, 6) is -0.229. The Morgan fingerprint density at radius 1 is 0.595 bits per heavy atom. The third-order valence-corrected chi connectivity index (χ3v) is 7.08. The Balaban J connectivity index is 3.55. The van der Waals surface area contributed by atoms with E-state index >= 15 is 0 Å². The van der Waals surface area contributed by atoms with Gasteiger partial charge in [0.15, 0.2) is 0 Å². The van der Waals surface area contributed by atoms with Crippen LogP contribution in [0.5, 0.6) is 0 Å². The average Bonchev–Trinajstić information content (AvgIpc) is 3.00. The molecule has 0 heterocycles. The molecule has 42 heavy (non-hydrogen) atoms. The van der Waals surface area contributed by atoms with Gasteiger partial charge in [0.05, 0.1) is 13.2 Å². The number of carbonyl (C=O) groups excluding carboxylic acids is 1. The maximum Gasteiger partial charge on any atom is 0.306 e. The zero-order valence-corrected chi connectivity index (χ0v) is 27.5. The van der Waals surface area contributed by atoms with Crippen LogP contribution in [0, 0.1) is 0 Å². The van der Waals surface area contributed by atoms with Crippen molar-refractivity contribution >= 4 is 5.97 Å². The van der Waals surface area contributed by atoms with Crippen molar-refractivity contribution < 1.29 is 19.4 Å². The van der Waals surface area contributed by atoms with Crippen molar-refractivity contribution in [1.82, 2.24) is 0 Å². The molecular formula is C38H66O4. The quantitative estimate of drug-likeness (QED) is 0.0499. The number of rotatable bonds is 31. The Morgan fingerprint density at radius 3 is 1.64 bits per heavy atom. The molecule has 1 unspecified atom stereocenters. The molecule has 0 amide bonds. The number of esters is 1. The van der Waals surface area contributed by atoms with Gasteiger partial charge >= 0.3 is 5.97 Å². The molecule has 4 nitrogen and oxygen atoms in total. The Morgan fingerprint density at radius 2 is 1.07 bits per heavy atom. The van der Waals surface area contributed by atoms with Gasteiger partial charge in [-0.25, -0.2) is 0 Å². The lowest BCUT2D eigenvalue weighted by atomic mass is 10.1. The Kier molecular flexibility index (Phi) is 33.7. The van der Waals surface area contributed by atoms with Crippen molar-refractivity contribution in [2.75, 3.05) is 19.8 Å². The highest BCUT2D eigenvalue weighted by molar-refractivity contribution is 5.69. The molecule has 0 aliphatic rings. The highest BCUT2D eigenvalue weighted by Gasteiger charge is 2.13. The van der Waals surface area contributed by atoms with Gasteiger partial charge in [-0.1, -0.05) is 126 Å². The second-order valence-electron chi connectivity index (χ2n) is 11.2. The molecule has 0 fully saturated rings. The summed E-state index contributed by atoms with van der Waals surface area (Å²) in [5.41, 5.74) is 0. The molecule has 0 aromatic carbocycles. The summed E-state index contributed by atoms with van der Waals surface area (Å²) in [5, 5.41) is 9.53. The maximum atomic E-state index is 12.1. The fraction of sp³-hybridized carbons (Fsp3) is 0.711. The molecule has 0 saturated heterocycles. The van der Waals surface area contributed by atoms with E-state index in [-0.39, 0.29) is 19.2 Å². The minimum atomic E-state index is -0.550. The van der Waals surface area contributed by atoms with Gasteiger partial charge < -0.3 is 14.6 Å². The highest BCUT2D eigenvalue weighted by Crippen LogP contribution is 2.10. The fourth-order valence-corrected chi connectivity index (χ4v) is 4.49. The number of hydrogen-bond acceptors (Lipinski definition) is 4. The summed E-state index contributed by atoms with van der Waals surface area (Å²) in [7, 11) is 0. The fourth-order valence-electron chi connectivity index (χ4n) is 4.49. The zero-order chi connectivity index (χ0) is 30.6. The zero-order valence-electron chi connectivity index (χ0n) is 27.5. The molecule has 0 bridgehead atoms. The molecule has 0 aliphatic heterocycles. The van der Waals surface area contributed by atoms with Crippen LogP contribution in [0.15, 0.2) is 60.8 Å². The Labute approximate surface area is 260 Å². The molecule has 0 aromatic rings. The van der Waals surface area contributed by atoms with Gasteiger partial charge in [0.1, 0.15) is 6.10 Å². The molecule has 0 spiro atoms. The topological polar surface area (TPSA) is 55.8 Å². The monoisotopic (exact) mass is 586 g/mol. The number of allylic oxidation sites excluding steroid dienone is 10. The SMILES string of the molecule is CC/C=C\C/C=C\C/C=C\C/C=C\CCCCCCC(=O)OC(CO)COCCCCCCCC/C=C\CCCCC. The summed E-state index contributed by atoms with van der Waals surface area (Å²) in [6.45, 7) is 5.16. The van der Waals surface area contributed by atoms with Gasteiger partial charge in [0.2, 0.25) is 0 Å². The van der Waals surface area contributed by atoms with E-state index in [1.807, 2.05) is 0 Å². The van der Waals surface area contributed by atoms with Crippen LogP contribution in [0.4, 0.5) is 0 Å². The predicted molar refractivity (Wildman–Crippen MR) is 182 cm³/mol. The van der Waals surface area contributed by atoms with Crippen LogP contribution in [-0.2, 0) is 14.3 Å². The van der Waals surface area contributed by atoms with Crippen LogP contribution in [0.25, 0.3) is 0 Å². The number of aliphatic hydroxyl groups is 1. The van der Waals surface area contributed by atoms with Crippen LogP contribution in [0.1, 0.15) is 149 Å². The Hall–Kier alpha value is -1.91. The van der Waals surface area contributed by atoms with Crippen molar-refractivity contribution in [2.45, 2.75) is 155 Å². The number of ether oxygens (including phenoxy) is 2. The number of carbonyl (C=O) groups is 1. The van der Waals surface area contributed by atoms with E-state index in [2.05, 4.69) is 74.6 Å². The molecule has 0 rings (SSSR count). The van der Waals surface area contributed by atoms with Gasteiger partial charge in [-0.2, -0.15) is 0 Å². The average molecular weight is 587 g/mol. The van der Waals surface area contributed by atoms with Gasteiger partial charge in [0.25, 0.3) is 0 Å². The molecule has 0 radical (unpaired) electrons. The van der Waals surface area contributed by atoms with Crippen molar-refractivity contribution in [3.63, 3.8) is 0 Å². The standard InChI is InChI=1S/C38H66O4/c1-3-5-7-9-11-13-15-17-18-19-20-21-23-25-27-29-31-33-38(40)42-37(35-39)36-41-34-32-30-28-26-24-22-16-14-12-10-8-6-4-2/h5,7,11-14,17-18,20-21,37,39H,3-4,6,8-10,15-16,19,22-36H2,1-2H3/b7-5-,13-11-,14-12-,18-17-,21-20-. The van der Waals surface area contributed by atoms with E-state index in [1.54, 1.807) is 0 Å². The molecule has 0 saturated carbocycles. The normalized spacial score (nSPS) is 13.1. The lowest BCUT2D eigenvalue weighted by molar-refractivity contribution is -0.154. The van der Waals surface area contributed by atoms with E-state index in [0.29, 0.717) is 13.0 Å². The van der Waals surface area contributed by atoms with Crippen LogP contribution in [0.3, 0.4) is 0 Å². The van der Waals surface area contributed by atoms with Crippen molar-refractivity contribution in [3.05, 3.63) is 60.8 Å². The molecule has 4 heteroatoms. The van der Waals surface area contributed by atoms with E-state index in [9.17, 15) is 9.90 Å². The lowest BCUT2D eigenvalue weighted by Crippen LogP contribution is -2.27. The second kappa shape index (κ2) is 35.3. The van der Waals surface area contributed by atoms with Gasteiger partial charge in [-0.15, -0.1) is 0 Å². The molecule has 242 valence electrons. The molecule has 1 atom stereocenters. The third kappa shape index (κ3) is 32.6. The Bertz CT molecular complexity index is 704. The van der Waals surface area contributed by atoms with Crippen LogP contribution >= 0.6 is 0 Å². The largest absolute Gasteiger partial charge is 0.457 e.